The number of nitriles is 1. The maximum Gasteiger partial charge on any atom is 0.250 e. The van der Waals surface area contributed by atoms with Gasteiger partial charge >= 0.3 is 0 Å². The molecule has 0 bridgehead atoms. The normalized spacial score (nSPS) is 17.2. The largest absolute Gasteiger partial charge is 0.354 e. The number of hydrogen-bond acceptors (Lipinski definition) is 6. The molecule has 2 aromatic heterocycles. The Hall–Kier alpha value is -2.59. The van der Waals surface area contributed by atoms with Gasteiger partial charge in [0.15, 0.2) is 11.5 Å². The van der Waals surface area contributed by atoms with Crippen molar-refractivity contribution in [1.82, 2.24) is 10.2 Å². The van der Waals surface area contributed by atoms with Crippen LogP contribution in [-0.2, 0) is 11.2 Å². The molecule has 7 heteroatoms. The van der Waals surface area contributed by atoms with Crippen LogP contribution >= 0.6 is 11.3 Å². The number of aromatic nitrogens is 2. The van der Waals surface area contributed by atoms with Crippen LogP contribution in [-0.4, -0.2) is 35.4 Å². The second-order valence-electron chi connectivity index (χ2n) is 6.69. The summed E-state index contributed by atoms with van der Waals surface area (Å²) in [7, 11) is 0. The zero-order valence-electron chi connectivity index (χ0n) is 14.9. The summed E-state index contributed by atoms with van der Waals surface area (Å²) in [5, 5.41) is 16.7. The van der Waals surface area contributed by atoms with Gasteiger partial charge < -0.3 is 4.90 Å². The lowest BCUT2D eigenvalue weighted by Gasteiger charge is -2.15. The fourth-order valence-electron chi connectivity index (χ4n) is 2.85. The molecule has 1 unspecified atom stereocenters. The molecule has 0 N–H and O–H groups in total. The Kier molecular flexibility index (Phi) is 5.74. The van der Waals surface area contributed by atoms with Gasteiger partial charge in [-0.05, 0) is 36.6 Å². The lowest BCUT2D eigenvalue weighted by atomic mass is 10.1. The van der Waals surface area contributed by atoms with Gasteiger partial charge in [-0.2, -0.15) is 5.26 Å². The Morgan fingerprint density at radius 1 is 1.42 bits per heavy atom. The molecule has 0 aromatic carbocycles. The van der Waals surface area contributed by atoms with Crippen molar-refractivity contribution in [2.45, 2.75) is 32.6 Å². The minimum absolute atomic E-state index is 0.0984. The van der Waals surface area contributed by atoms with Gasteiger partial charge in [0.25, 0.3) is 5.91 Å². The smallest absolute Gasteiger partial charge is 0.250 e. The zero-order chi connectivity index (χ0) is 18.5. The highest BCUT2D eigenvalue weighted by Crippen LogP contribution is 2.25. The van der Waals surface area contributed by atoms with Crippen LogP contribution in [0.5, 0.6) is 0 Å². The molecule has 6 nitrogen and oxygen atoms in total. The first kappa shape index (κ1) is 18.2. The van der Waals surface area contributed by atoms with E-state index in [1.165, 1.54) is 4.88 Å². The monoisotopic (exact) mass is 367 g/mol. The number of carbonyl (C=O) groups excluding carboxylic acids is 1. The summed E-state index contributed by atoms with van der Waals surface area (Å²) in [5.41, 5.74) is 0.311. The Morgan fingerprint density at radius 2 is 2.27 bits per heavy atom. The maximum absolute atomic E-state index is 12.1. The van der Waals surface area contributed by atoms with Crippen molar-refractivity contribution in [2.75, 3.05) is 18.0 Å². The van der Waals surface area contributed by atoms with E-state index in [1.54, 1.807) is 29.7 Å². The van der Waals surface area contributed by atoms with Crippen molar-refractivity contribution >= 4 is 29.3 Å². The quantitative estimate of drug-likeness (QED) is 0.758. The molecule has 1 amide bonds. The van der Waals surface area contributed by atoms with Crippen LogP contribution in [0.25, 0.3) is 0 Å². The van der Waals surface area contributed by atoms with Gasteiger partial charge in [-0.1, -0.05) is 13.8 Å². The molecule has 3 heterocycles. The Bertz CT molecular complexity index is 834. The second-order valence-corrected chi connectivity index (χ2v) is 7.89. The molecule has 0 radical (unpaired) electrons. The zero-order valence-corrected chi connectivity index (χ0v) is 15.7. The minimum Gasteiger partial charge on any atom is -0.354 e. The molecule has 1 atom stereocenters. The van der Waals surface area contributed by atoms with E-state index >= 15 is 0 Å². The van der Waals surface area contributed by atoms with Crippen LogP contribution < -0.4 is 4.90 Å². The van der Waals surface area contributed by atoms with Gasteiger partial charge in [-0.25, -0.2) is 4.99 Å². The molecule has 1 aliphatic heterocycles. The number of amides is 1. The van der Waals surface area contributed by atoms with Crippen LogP contribution in [0, 0.1) is 17.2 Å². The van der Waals surface area contributed by atoms with Crippen molar-refractivity contribution in [1.29, 1.82) is 5.26 Å². The standard InChI is InChI=1S/C19H21N5OS/c1-13(2)17-5-4-16(26-17)9-19(25)21-11-14-7-8-24(12-14)18-6-3-15(10-20)22-23-18/h3-6,11,13-14H,7-9,12H2,1-2H3. The third-order valence-corrected chi connectivity index (χ3v) is 5.71. The van der Waals surface area contributed by atoms with Crippen molar-refractivity contribution in [2.24, 2.45) is 10.9 Å². The molecule has 1 saturated heterocycles. The molecular formula is C19H21N5OS. The molecule has 26 heavy (non-hydrogen) atoms. The average molecular weight is 367 g/mol. The van der Waals surface area contributed by atoms with E-state index in [4.69, 9.17) is 5.26 Å². The lowest BCUT2D eigenvalue weighted by Crippen LogP contribution is -2.21. The average Bonchev–Trinajstić information content (AvgIpc) is 3.29. The Labute approximate surface area is 157 Å². The first-order chi connectivity index (χ1) is 12.5. The number of thiophene rings is 1. The van der Waals surface area contributed by atoms with Crippen molar-refractivity contribution in [3.8, 4) is 6.07 Å². The first-order valence-electron chi connectivity index (χ1n) is 8.69. The summed E-state index contributed by atoms with van der Waals surface area (Å²) in [4.78, 5) is 20.7. The fraction of sp³-hybridized carbons (Fsp3) is 0.421. The summed E-state index contributed by atoms with van der Waals surface area (Å²) in [6, 6.07) is 9.55. The number of carbonyl (C=O) groups is 1. The highest BCUT2D eigenvalue weighted by Gasteiger charge is 2.22. The predicted octanol–water partition coefficient (Wildman–Crippen LogP) is 3.20. The van der Waals surface area contributed by atoms with Gasteiger partial charge in [0.05, 0.1) is 6.42 Å². The van der Waals surface area contributed by atoms with Crippen molar-refractivity contribution < 1.29 is 4.79 Å². The number of hydrogen-bond donors (Lipinski definition) is 0. The molecule has 2 aromatic rings. The summed E-state index contributed by atoms with van der Waals surface area (Å²) in [6.07, 6.45) is 3.07. The Morgan fingerprint density at radius 3 is 2.92 bits per heavy atom. The third kappa shape index (κ3) is 4.52. The summed E-state index contributed by atoms with van der Waals surface area (Å²) in [6.45, 7) is 5.90. The van der Waals surface area contributed by atoms with Crippen molar-refractivity contribution in [3.63, 3.8) is 0 Å². The van der Waals surface area contributed by atoms with Gasteiger partial charge in [0, 0.05) is 35.0 Å². The molecular weight excluding hydrogens is 346 g/mol. The van der Waals surface area contributed by atoms with Crippen LogP contribution in [0.15, 0.2) is 29.3 Å². The first-order valence-corrected chi connectivity index (χ1v) is 9.51. The highest BCUT2D eigenvalue weighted by molar-refractivity contribution is 7.12. The summed E-state index contributed by atoms with van der Waals surface area (Å²) < 4.78 is 0. The van der Waals surface area contributed by atoms with E-state index in [1.807, 2.05) is 12.1 Å². The van der Waals surface area contributed by atoms with Gasteiger partial charge in [-0.3, -0.25) is 4.79 Å². The maximum atomic E-state index is 12.1. The molecule has 1 aliphatic rings. The number of aliphatic imine (C=N–C) groups is 1. The predicted molar refractivity (Wildman–Crippen MR) is 103 cm³/mol. The number of anilines is 1. The lowest BCUT2D eigenvalue weighted by molar-refractivity contribution is -0.117. The Balaban J connectivity index is 1.52. The van der Waals surface area contributed by atoms with Gasteiger partial charge in [0.2, 0.25) is 0 Å². The van der Waals surface area contributed by atoms with E-state index in [2.05, 4.69) is 40.0 Å². The van der Waals surface area contributed by atoms with E-state index in [9.17, 15) is 4.79 Å². The molecule has 0 saturated carbocycles. The molecule has 134 valence electrons. The van der Waals surface area contributed by atoms with Crippen LogP contribution in [0.1, 0.15) is 41.6 Å². The van der Waals surface area contributed by atoms with E-state index in [-0.39, 0.29) is 11.8 Å². The molecule has 3 rings (SSSR count). The SMILES string of the molecule is CC(C)c1ccc(CC(=O)N=CC2CCN(c3ccc(C#N)nn3)C2)s1. The number of rotatable bonds is 5. The molecule has 1 fully saturated rings. The van der Waals surface area contributed by atoms with Gasteiger partial charge in [-0.15, -0.1) is 21.5 Å². The van der Waals surface area contributed by atoms with Gasteiger partial charge in [0.1, 0.15) is 6.07 Å². The van der Waals surface area contributed by atoms with Crippen LogP contribution in [0.2, 0.25) is 0 Å². The van der Waals surface area contributed by atoms with Crippen LogP contribution in [0.3, 0.4) is 0 Å². The molecule has 0 spiro atoms. The van der Waals surface area contributed by atoms with E-state index < -0.39 is 0 Å². The minimum atomic E-state index is -0.0984. The van der Waals surface area contributed by atoms with E-state index in [0.717, 1.165) is 30.2 Å². The highest BCUT2D eigenvalue weighted by atomic mass is 32.1. The molecule has 0 aliphatic carbocycles. The summed E-state index contributed by atoms with van der Waals surface area (Å²) >= 11 is 1.69. The second kappa shape index (κ2) is 8.19. The van der Waals surface area contributed by atoms with Crippen LogP contribution in [0.4, 0.5) is 5.82 Å². The fourth-order valence-corrected chi connectivity index (χ4v) is 3.86. The third-order valence-electron chi connectivity index (χ3n) is 4.32. The van der Waals surface area contributed by atoms with Crippen molar-refractivity contribution in [3.05, 3.63) is 39.7 Å². The summed E-state index contributed by atoms with van der Waals surface area (Å²) in [5.74, 6) is 1.37. The number of nitrogens with zero attached hydrogens (tertiary/aromatic N) is 5. The topological polar surface area (TPSA) is 82.2 Å². The van der Waals surface area contributed by atoms with E-state index in [0.29, 0.717) is 18.0 Å².